The lowest BCUT2D eigenvalue weighted by Crippen LogP contribution is -2.29. The van der Waals surface area contributed by atoms with Crippen LogP contribution >= 0.6 is 46.7 Å². The fourth-order valence-corrected chi connectivity index (χ4v) is 6.40. The number of rotatable bonds is 3. The summed E-state index contributed by atoms with van der Waals surface area (Å²) in [4.78, 5) is 24.2. The molecule has 166 valence electrons. The van der Waals surface area contributed by atoms with Crippen LogP contribution in [0.3, 0.4) is 0 Å². The van der Waals surface area contributed by atoms with Gasteiger partial charge >= 0.3 is 0 Å². The number of fused-ring (bicyclic) bond motifs is 1. The number of amidine groups is 1. The predicted molar refractivity (Wildman–Crippen MR) is 142 cm³/mol. The Morgan fingerprint density at radius 1 is 0.939 bits per heavy atom. The van der Waals surface area contributed by atoms with Gasteiger partial charge < -0.3 is 4.90 Å². The molecule has 5 rings (SSSR count). The van der Waals surface area contributed by atoms with Crippen LogP contribution in [0.4, 0.5) is 17.1 Å². The van der Waals surface area contributed by atoms with Crippen LogP contribution < -0.4 is 9.80 Å². The minimum atomic E-state index is -0.0850. The molecule has 0 aromatic heterocycles. The molecule has 0 unspecified atom stereocenters. The third kappa shape index (κ3) is 4.28. The summed E-state index contributed by atoms with van der Waals surface area (Å²) in [7, 11) is 0. The van der Waals surface area contributed by atoms with Gasteiger partial charge in [-0.2, -0.15) is 0 Å². The summed E-state index contributed by atoms with van der Waals surface area (Å²) in [6.07, 6.45) is 0. The number of carbonyl (C=O) groups excluding carboxylic acids is 1. The molecule has 0 spiro atoms. The average molecular weight is 512 g/mol. The van der Waals surface area contributed by atoms with Crippen LogP contribution in [-0.4, -0.2) is 17.6 Å². The van der Waals surface area contributed by atoms with Crippen molar-refractivity contribution in [3.8, 4) is 0 Å². The standard InChI is InChI=1S/C25H19Cl2N3OS2/c1-3-29-20-14-17(27)9-12-21(20)32-24(29)22-23(31)30(19-6-4-5-15(2)13-19)25(33-22)28-18-10-7-16(26)8-11-18/h4-14H,3H2,1-2H3/b24-22-,28-25?. The van der Waals surface area contributed by atoms with Crippen LogP contribution in [-0.2, 0) is 4.79 Å². The van der Waals surface area contributed by atoms with Crippen molar-refractivity contribution in [2.24, 2.45) is 4.99 Å². The summed E-state index contributed by atoms with van der Waals surface area (Å²) < 4.78 is 0. The molecule has 8 heteroatoms. The molecule has 0 bridgehead atoms. The second-order valence-electron chi connectivity index (χ2n) is 7.55. The molecule has 0 radical (unpaired) electrons. The summed E-state index contributed by atoms with van der Waals surface area (Å²) in [5.41, 5.74) is 3.63. The summed E-state index contributed by atoms with van der Waals surface area (Å²) >= 11 is 15.3. The van der Waals surface area contributed by atoms with Crippen molar-refractivity contribution >= 4 is 74.9 Å². The van der Waals surface area contributed by atoms with Crippen molar-refractivity contribution in [2.75, 3.05) is 16.3 Å². The Labute approximate surface area is 211 Å². The molecule has 0 aliphatic carbocycles. The smallest absolute Gasteiger partial charge is 0.274 e. The second kappa shape index (κ2) is 9.11. The number of aryl methyl sites for hydroxylation is 1. The number of hydrogen-bond donors (Lipinski definition) is 0. The second-order valence-corrected chi connectivity index (χ2v) is 10.4. The average Bonchev–Trinajstić information content (AvgIpc) is 3.31. The third-order valence-electron chi connectivity index (χ3n) is 5.27. The fraction of sp³-hybridized carbons (Fsp3) is 0.120. The topological polar surface area (TPSA) is 35.9 Å². The van der Waals surface area contributed by atoms with E-state index in [4.69, 9.17) is 28.2 Å². The maximum Gasteiger partial charge on any atom is 0.274 e. The molecule has 0 N–H and O–H groups in total. The van der Waals surface area contributed by atoms with E-state index in [9.17, 15) is 4.79 Å². The molecule has 2 aliphatic rings. The monoisotopic (exact) mass is 511 g/mol. The van der Waals surface area contributed by atoms with E-state index in [0.717, 1.165) is 39.1 Å². The first kappa shape index (κ1) is 22.4. The minimum Gasteiger partial charge on any atom is -0.334 e. The molecule has 3 aromatic carbocycles. The lowest BCUT2D eigenvalue weighted by atomic mass is 10.2. The molecule has 1 saturated heterocycles. The van der Waals surface area contributed by atoms with Gasteiger partial charge in [0, 0.05) is 21.5 Å². The maximum atomic E-state index is 13.8. The Balaban J connectivity index is 1.63. The van der Waals surface area contributed by atoms with E-state index in [1.807, 2.05) is 61.5 Å². The van der Waals surface area contributed by atoms with E-state index in [2.05, 4.69) is 11.8 Å². The molecular weight excluding hydrogens is 493 g/mol. The van der Waals surface area contributed by atoms with Gasteiger partial charge in [0.1, 0.15) is 9.93 Å². The van der Waals surface area contributed by atoms with Gasteiger partial charge in [0.15, 0.2) is 5.17 Å². The van der Waals surface area contributed by atoms with Gasteiger partial charge in [-0.1, -0.05) is 47.1 Å². The molecule has 0 atom stereocenters. The van der Waals surface area contributed by atoms with E-state index in [1.165, 1.54) is 11.8 Å². The molecule has 0 saturated carbocycles. The van der Waals surface area contributed by atoms with Gasteiger partial charge in [-0.25, -0.2) is 4.99 Å². The molecular formula is C25H19Cl2N3OS2. The number of hydrogen-bond acceptors (Lipinski definition) is 5. The van der Waals surface area contributed by atoms with E-state index < -0.39 is 0 Å². The Kier molecular flexibility index (Phi) is 6.18. The molecule has 1 amide bonds. The maximum absolute atomic E-state index is 13.8. The number of benzene rings is 3. The zero-order valence-corrected chi connectivity index (χ0v) is 21.0. The fourth-order valence-electron chi connectivity index (χ4n) is 3.74. The zero-order chi connectivity index (χ0) is 23.1. The quantitative estimate of drug-likeness (QED) is 0.335. The van der Waals surface area contributed by atoms with Gasteiger partial charge in [0.2, 0.25) is 0 Å². The van der Waals surface area contributed by atoms with Crippen molar-refractivity contribution in [3.05, 3.63) is 92.3 Å². The highest BCUT2D eigenvalue weighted by Crippen LogP contribution is 2.51. The number of thioether (sulfide) groups is 2. The lowest BCUT2D eigenvalue weighted by molar-refractivity contribution is -0.113. The Hall–Kier alpha value is -2.38. The normalized spacial score (nSPS) is 19.0. The van der Waals surface area contributed by atoms with E-state index in [0.29, 0.717) is 20.1 Å². The van der Waals surface area contributed by atoms with Crippen LogP contribution in [0.2, 0.25) is 10.0 Å². The molecule has 2 heterocycles. The summed E-state index contributed by atoms with van der Waals surface area (Å²) in [6, 6.07) is 21.0. The zero-order valence-electron chi connectivity index (χ0n) is 17.9. The highest BCUT2D eigenvalue weighted by atomic mass is 35.5. The molecule has 3 aromatic rings. The SMILES string of the molecule is CCN1/C(=C2/SC(=Nc3ccc(Cl)cc3)N(c3cccc(C)c3)C2=O)Sc2ccc(Cl)cc21. The van der Waals surface area contributed by atoms with Crippen molar-refractivity contribution < 1.29 is 4.79 Å². The highest BCUT2D eigenvalue weighted by Gasteiger charge is 2.40. The van der Waals surface area contributed by atoms with Crippen molar-refractivity contribution in [1.82, 2.24) is 0 Å². The Bertz CT molecular complexity index is 1320. The van der Waals surface area contributed by atoms with E-state index in [-0.39, 0.29) is 5.91 Å². The van der Waals surface area contributed by atoms with Gasteiger partial charge in [-0.3, -0.25) is 9.69 Å². The van der Waals surface area contributed by atoms with Crippen LogP contribution in [0.5, 0.6) is 0 Å². The predicted octanol–water partition coefficient (Wildman–Crippen LogP) is 7.87. The summed E-state index contributed by atoms with van der Waals surface area (Å²) in [5, 5.41) is 2.84. The Morgan fingerprint density at radius 3 is 2.42 bits per heavy atom. The van der Waals surface area contributed by atoms with Crippen molar-refractivity contribution in [3.63, 3.8) is 0 Å². The number of halogens is 2. The highest BCUT2D eigenvalue weighted by molar-refractivity contribution is 8.20. The molecule has 33 heavy (non-hydrogen) atoms. The van der Waals surface area contributed by atoms with Crippen LogP contribution in [0.15, 0.2) is 86.6 Å². The van der Waals surface area contributed by atoms with Crippen LogP contribution in [0.1, 0.15) is 12.5 Å². The summed E-state index contributed by atoms with van der Waals surface area (Å²) in [6.45, 7) is 4.81. The first-order valence-corrected chi connectivity index (χ1v) is 12.8. The van der Waals surface area contributed by atoms with Crippen molar-refractivity contribution in [1.29, 1.82) is 0 Å². The summed E-state index contributed by atoms with van der Waals surface area (Å²) in [5.74, 6) is -0.0850. The molecule has 1 fully saturated rings. The lowest BCUT2D eigenvalue weighted by Gasteiger charge is -2.19. The molecule has 2 aliphatic heterocycles. The first-order valence-electron chi connectivity index (χ1n) is 10.4. The number of nitrogens with zero attached hydrogens (tertiary/aromatic N) is 3. The Morgan fingerprint density at radius 2 is 1.70 bits per heavy atom. The van der Waals surface area contributed by atoms with E-state index in [1.54, 1.807) is 28.8 Å². The van der Waals surface area contributed by atoms with Gasteiger partial charge in [0.05, 0.1) is 17.1 Å². The number of carbonyl (C=O) groups is 1. The minimum absolute atomic E-state index is 0.0850. The van der Waals surface area contributed by atoms with Gasteiger partial charge in [0.25, 0.3) is 5.91 Å². The van der Waals surface area contributed by atoms with Crippen molar-refractivity contribution in [2.45, 2.75) is 18.7 Å². The number of aliphatic imine (C=N–C) groups is 1. The van der Waals surface area contributed by atoms with E-state index >= 15 is 0 Å². The first-order chi connectivity index (χ1) is 15.9. The number of amides is 1. The van der Waals surface area contributed by atoms with Gasteiger partial charge in [-0.05, 0) is 85.8 Å². The van der Waals surface area contributed by atoms with Gasteiger partial charge in [-0.15, -0.1) is 0 Å². The largest absolute Gasteiger partial charge is 0.334 e. The third-order valence-corrected chi connectivity index (χ3v) is 8.10. The van der Waals surface area contributed by atoms with Crippen LogP contribution in [0.25, 0.3) is 0 Å². The number of anilines is 2. The molecule has 4 nitrogen and oxygen atoms in total. The van der Waals surface area contributed by atoms with Crippen LogP contribution in [0, 0.1) is 6.92 Å².